The summed E-state index contributed by atoms with van der Waals surface area (Å²) in [5.74, 6) is 0.141. The predicted molar refractivity (Wildman–Crippen MR) is 124 cm³/mol. The SMILES string of the molecule is CC(C)(C)[C@@H](C(=O)N1CC(O)CC1C(=O)NCCOc1ccc(C#N)cn1)n1cc(C2CC2)nn1. The molecule has 2 aromatic heterocycles. The first-order chi connectivity index (χ1) is 16.7. The maximum absolute atomic E-state index is 13.7. The number of aliphatic hydroxyl groups is 1. The fourth-order valence-electron chi connectivity index (χ4n) is 4.31. The van der Waals surface area contributed by atoms with E-state index in [4.69, 9.17) is 10.00 Å². The lowest BCUT2D eigenvalue weighted by atomic mass is 9.85. The summed E-state index contributed by atoms with van der Waals surface area (Å²) in [7, 11) is 0. The van der Waals surface area contributed by atoms with Crippen LogP contribution in [0, 0.1) is 16.7 Å². The molecule has 0 bridgehead atoms. The van der Waals surface area contributed by atoms with Crippen molar-refractivity contribution in [2.24, 2.45) is 5.41 Å². The van der Waals surface area contributed by atoms with Gasteiger partial charge in [-0.05, 0) is 24.3 Å². The number of nitriles is 1. The summed E-state index contributed by atoms with van der Waals surface area (Å²) in [5.41, 5.74) is 0.834. The highest BCUT2D eigenvalue weighted by molar-refractivity contribution is 5.90. The van der Waals surface area contributed by atoms with E-state index < -0.39 is 23.6 Å². The molecule has 3 atom stereocenters. The second-order valence-corrected chi connectivity index (χ2v) is 10.2. The summed E-state index contributed by atoms with van der Waals surface area (Å²) >= 11 is 0. The van der Waals surface area contributed by atoms with Crippen molar-refractivity contribution in [3.63, 3.8) is 0 Å². The third kappa shape index (κ3) is 5.77. The van der Waals surface area contributed by atoms with Crippen LogP contribution in [0.4, 0.5) is 0 Å². The smallest absolute Gasteiger partial charge is 0.248 e. The Morgan fingerprint density at radius 1 is 1.34 bits per heavy atom. The van der Waals surface area contributed by atoms with Gasteiger partial charge in [-0.2, -0.15) is 5.26 Å². The number of carbonyl (C=O) groups is 2. The first kappa shape index (κ1) is 24.6. The number of nitrogens with zero attached hydrogens (tertiary/aromatic N) is 6. The van der Waals surface area contributed by atoms with E-state index in [0.717, 1.165) is 18.5 Å². The predicted octanol–water partition coefficient (Wildman–Crippen LogP) is 1.17. The fourth-order valence-corrected chi connectivity index (χ4v) is 4.31. The molecule has 2 amide bonds. The van der Waals surface area contributed by atoms with Gasteiger partial charge in [-0.3, -0.25) is 9.59 Å². The molecule has 1 aliphatic heterocycles. The number of ether oxygens (including phenoxy) is 1. The summed E-state index contributed by atoms with van der Waals surface area (Å²) in [6.07, 6.45) is 4.79. The van der Waals surface area contributed by atoms with Gasteiger partial charge in [0, 0.05) is 37.3 Å². The summed E-state index contributed by atoms with van der Waals surface area (Å²) < 4.78 is 7.10. The Bertz CT molecular complexity index is 1100. The zero-order chi connectivity index (χ0) is 25.2. The van der Waals surface area contributed by atoms with Gasteiger partial charge < -0.3 is 20.1 Å². The minimum atomic E-state index is -0.790. The summed E-state index contributed by atoms with van der Waals surface area (Å²) in [5, 5.41) is 30.4. The second kappa shape index (κ2) is 10.00. The van der Waals surface area contributed by atoms with Gasteiger partial charge in [-0.25, -0.2) is 9.67 Å². The fraction of sp³-hybridized carbons (Fsp3) is 0.583. The molecule has 3 heterocycles. The number of hydrogen-bond donors (Lipinski definition) is 2. The quantitative estimate of drug-likeness (QED) is 0.534. The number of pyridine rings is 1. The van der Waals surface area contributed by atoms with Crippen molar-refractivity contribution in [3.05, 3.63) is 35.8 Å². The highest BCUT2D eigenvalue weighted by atomic mass is 16.5. The topological polar surface area (TPSA) is 146 Å². The zero-order valence-corrected chi connectivity index (χ0v) is 20.2. The van der Waals surface area contributed by atoms with Crippen LogP contribution in [0.15, 0.2) is 24.5 Å². The Hall–Kier alpha value is -3.52. The van der Waals surface area contributed by atoms with Crippen molar-refractivity contribution in [3.8, 4) is 11.9 Å². The molecule has 2 aromatic rings. The van der Waals surface area contributed by atoms with E-state index in [-0.39, 0.29) is 37.9 Å². The number of nitrogens with one attached hydrogen (secondary N) is 1. The molecule has 1 aliphatic carbocycles. The Balaban J connectivity index is 1.39. The molecule has 2 unspecified atom stereocenters. The Morgan fingerprint density at radius 2 is 2.11 bits per heavy atom. The van der Waals surface area contributed by atoms with Crippen LogP contribution in [0.1, 0.15) is 63.3 Å². The lowest BCUT2D eigenvalue weighted by molar-refractivity contribution is -0.144. The van der Waals surface area contributed by atoms with Crippen LogP contribution in [-0.4, -0.2) is 73.6 Å². The molecule has 2 N–H and O–H groups in total. The molecule has 1 saturated heterocycles. The number of aromatic nitrogens is 4. The van der Waals surface area contributed by atoms with Crippen molar-refractivity contribution in [1.29, 1.82) is 5.26 Å². The highest BCUT2D eigenvalue weighted by Crippen LogP contribution is 2.40. The second-order valence-electron chi connectivity index (χ2n) is 10.2. The molecule has 186 valence electrons. The number of amides is 2. The standard InChI is InChI=1S/C24H31N7O4/c1-24(2,3)21(31-14-18(28-29-31)16-5-6-16)23(34)30-13-17(32)10-19(30)22(33)26-8-9-35-20-7-4-15(11-25)12-27-20/h4,7,12,14,16-17,19,21,32H,5-6,8-10,13H2,1-3H3,(H,26,33)/t17?,19?,21-/m1/s1. The molecular formula is C24H31N7O4. The minimum Gasteiger partial charge on any atom is -0.476 e. The Morgan fingerprint density at radius 3 is 2.74 bits per heavy atom. The van der Waals surface area contributed by atoms with E-state index in [1.807, 2.05) is 33.0 Å². The van der Waals surface area contributed by atoms with Gasteiger partial charge >= 0.3 is 0 Å². The maximum atomic E-state index is 13.7. The molecule has 0 spiro atoms. The molecule has 1 saturated carbocycles. The van der Waals surface area contributed by atoms with Gasteiger partial charge in [0.25, 0.3) is 0 Å². The summed E-state index contributed by atoms with van der Waals surface area (Å²) in [4.78, 5) is 32.1. The van der Waals surface area contributed by atoms with Crippen molar-refractivity contribution < 1.29 is 19.4 Å². The van der Waals surface area contributed by atoms with Gasteiger partial charge in [0.05, 0.1) is 23.9 Å². The monoisotopic (exact) mass is 481 g/mol. The molecule has 0 radical (unpaired) electrons. The highest BCUT2D eigenvalue weighted by Gasteiger charge is 2.45. The zero-order valence-electron chi connectivity index (χ0n) is 20.2. The summed E-state index contributed by atoms with van der Waals surface area (Å²) in [6, 6.07) is 3.71. The number of carbonyl (C=O) groups excluding carboxylic acids is 2. The summed E-state index contributed by atoms with van der Waals surface area (Å²) in [6.45, 7) is 6.30. The van der Waals surface area contributed by atoms with E-state index >= 15 is 0 Å². The number of likely N-dealkylation sites (tertiary alicyclic amines) is 1. The van der Waals surface area contributed by atoms with Crippen LogP contribution in [0.25, 0.3) is 0 Å². The Labute approximate surface area is 204 Å². The third-order valence-electron chi connectivity index (χ3n) is 6.22. The van der Waals surface area contributed by atoms with Gasteiger partial charge in [-0.1, -0.05) is 26.0 Å². The first-order valence-corrected chi connectivity index (χ1v) is 11.8. The lowest BCUT2D eigenvalue weighted by Gasteiger charge is -2.34. The van der Waals surface area contributed by atoms with E-state index in [2.05, 4.69) is 20.6 Å². The van der Waals surface area contributed by atoms with E-state index in [1.54, 1.807) is 16.8 Å². The average Bonchev–Trinajstić information content (AvgIpc) is 3.43. The molecular weight excluding hydrogens is 450 g/mol. The minimum absolute atomic E-state index is 0.0827. The van der Waals surface area contributed by atoms with Crippen LogP contribution >= 0.6 is 0 Å². The number of hydrogen-bond acceptors (Lipinski definition) is 8. The average molecular weight is 482 g/mol. The third-order valence-corrected chi connectivity index (χ3v) is 6.22. The van der Waals surface area contributed by atoms with Crippen molar-refractivity contribution in [1.82, 2.24) is 30.2 Å². The first-order valence-electron chi connectivity index (χ1n) is 11.8. The number of β-amino-alcohol motifs (C(OH)–C–C–N with tert-alkyl or cyclic N) is 1. The van der Waals surface area contributed by atoms with Crippen LogP contribution in [-0.2, 0) is 9.59 Å². The molecule has 35 heavy (non-hydrogen) atoms. The molecule has 2 aliphatic rings. The van der Waals surface area contributed by atoms with E-state index in [9.17, 15) is 14.7 Å². The largest absolute Gasteiger partial charge is 0.476 e. The molecule has 0 aromatic carbocycles. The van der Waals surface area contributed by atoms with Crippen LogP contribution in [0.2, 0.25) is 0 Å². The van der Waals surface area contributed by atoms with Gasteiger partial charge in [0.15, 0.2) is 0 Å². The van der Waals surface area contributed by atoms with Gasteiger partial charge in [-0.15, -0.1) is 5.10 Å². The van der Waals surface area contributed by atoms with Crippen molar-refractivity contribution in [2.75, 3.05) is 19.7 Å². The lowest BCUT2D eigenvalue weighted by Crippen LogP contribution is -2.50. The normalized spacial score (nSPS) is 20.8. The van der Waals surface area contributed by atoms with E-state index in [0.29, 0.717) is 17.4 Å². The molecule has 11 nitrogen and oxygen atoms in total. The van der Waals surface area contributed by atoms with Gasteiger partial charge in [0.2, 0.25) is 17.7 Å². The van der Waals surface area contributed by atoms with Crippen molar-refractivity contribution >= 4 is 11.8 Å². The van der Waals surface area contributed by atoms with Crippen LogP contribution < -0.4 is 10.1 Å². The molecule has 4 rings (SSSR count). The number of rotatable bonds is 8. The Kier molecular flexibility index (Phi) is 7.03. The van der Waals surface area contributed by atoms with Crippen LogP contribution in [0.5, 0.6) is 5.88 Å². The van der Waals surface area contributed by atoms with Crippen molar-refractivity contribution in [2.45, 2.75) is 64.1 Å². The molecule has 11 heteroatoms. The van der Waals surface area contributed by atoms with E-state index in [1.165, 1.54) is 11.1 Å². The maximum Gasteiger partial charge on any atom is 0.248 e. The number of aliphatic hydroxyl groups excluding tert-OH is 1. The van der Waals surface area contributed by atoms with Crippen LogP contribution in [0.3, 0.4) is 0 Å². The molecule has 2 fully saturated rings. The van der Waals surface area contributed by atoms with Gasteiger partial charge in [0.1, 0.15) is 24.8 Å².